The third-order valence-electron chi connectivity index (χ3n) is 3.12. The number of benzene rings is 1. The summed E-state index contributed by atoms with van der Waals surface area (Å²) in [5.74, 6) is 0. The minimum atomic E-state index is 0.460. The zero-order valence-corrected chi connectivity index (χ0v) is 10.3. The lowest BCUT2D eigenvalue weighted by molar-refractivity contribution is 0.0904. The molecule has 0 bridgehead atoms. The van der Waals surface area contributed by atoms with E-state index in [2.05, 4.69) is 16.4 Å². The SMILES string of the molecule is Nc1c(NC2CCOCC2)ccc2scnc12. The molecule has 1 aromatic carbocycles. The molecular weight excluding hydrogens is 234 g/mol. The lowest BCUT2D eigenvalue weighted by Gasteiger charge is -2.24. The van der Waals surface area contributed by atoms with Crippen molar-refractivity contribution in [2.24, 2.45) is 0 Å². The van der Waals surface area contributed by atoms with Crippen LogP contribution >= 0.6 is 11.3 Å². The molecule has 0 unspecified atom stereocenters. The van der Waals surface area contributed by atoms with Gasteiger partial charge in [-0.1, -0.05) is 0 Å². The van der Waals surface area contributed by atoms with Gasteiger partial charge in [0, 0.05) is 19.3 Å². The molecule has 17 heavy (non-hydrogen) atoms. The molecule has 4 nitrogen and oxygen atoms in total. The number of aromatic nitrogens is 1. The summed E-state index contributed by atoms with van der Waals surface area (Å²) in [5, 5.41) is 3.49. The number of anilines is 2. The van der Waals surface area contributed by atoms with Gasteiger partial charge in [0.15, 0.2) is 0 Å². The van der Waals surface area contributed by atoms with Crippen LogP contribution in [0.1, 0.15) is 12.8 Å². The molecule has 1 saturated heterocycles. The molecule has 1 aromatic heterocycles. The number of nitrogens with zero attached hydrogens (tertiary/aromatic N) is 1. The van der Waals surface area contributed by atoms with E-state index < -0.39 is 0 Å². The van der Waals surface area contributed by atoms with Crippen molar-refractivity contribution in [3.63, 3.8) is 0 Å². The molecule has 2 aromatic rings. The standard InChI is InChI=1S/C12H15N3OS/c13-11-9(15-8-3-5-16-6-4-8)1-2-10-12(11)14-7-17-10/h1-2,7-8,15H,3-6,13H2. The van der Waals surface area contributed by atoms with E-state index in [1.165, 1.54) is 0 Å². The van der Waals surface area contributed by atoms with E-state index in [9.17, 15) is 0 Å². The first kappa shape index (κ1) is 10.8. The lowest BCUT2D eigenvalue weighted by Crippen LogP contribution is -2.28. The van der Waals surface area contributed by atoms with Crippen LogP contribution in [0.5, 0.6) is 0 Å². The Morgan fingerprint density at radius 2 is 2.18 bits per heavy atom. The van der Waals surface area contributed by atoms with E-state index in [1.54, 1.807) is 11.3 Å². The quantitative estimate of drug-likeness (QED) is 0.803. The van der Waals surface area contributed by atoms with Crippen LogP contribution in [0.15, 0.2) is 17.6 Å². The van der Waals surface area contributed by atoms with E-state index in [4.69, 9.17) is 10.5 Å². The van der Waals surface area contributed by atoms with Crippen molar-refractivity contribution in [1.82, 2.24) is 4.98 Å². The summed E-state index contributed by atoms with van der Waals surface area (Å²) in [7, 11) is 0. The van der Waals surface area contributed by atoms with Gasteiger partial charge in [-0.25, -0.2) is 4.98 Å². The summed E-state index contributed by atoms with van der Waals surface area (Å²) in [6.45, 7) is 1.66. The van der Waals surface area contributed by atoms with Crippen molar-refractivity contribution in [2.75, 3.05) is 24.3 Å². The molecule has 0 amide bonds. The van der Waals surface area contributed by atoms with E-state index in [0.29, 0.717) is 6.04 Å². The van der Waals surface area contributed by atoms with Crippen molar-refractivity contribution in [3.05, 3.63) is 17.6 Å². The highest BCUT2D eigenvalue weighted by Crippen LogP contribution is 2.31. The third-order valence-corrected chi connectivity index (χ3v) is 3.92. The molecule has 90 valence electrons. The molecule has 0 radical (unpaired) electrons. The largest absolute Gasteiger partial charge is 0.395 e. The number of fused-ring (bicyclic) bond motifs is 1. The van der Waals surface area contributed by atoms with Crippen LogP contribution in [0, 0.1) is 0 Å². The topological polar surface area (TPSA) is 60.2 Å². The van der Waals surface area contributed by atoms with Gasteiger partial charge in [0.25, 0.3) is 0 Å². The second-order valence-electron chi connectivity index (χ2n) is 4.26. The number of hydrogen-bond acceptors (Lipinski definition) is 5. The first-order chi connectivity index (χ1) is 8.34. The number of nitrogen functional groups attached to an aromatic ring is 1. The van der Waals surface area contributed by atoms with Crippen LogP contribution in [-0.4, -0.2) is 24.2 Å². The Balaban J connectivity index is 1.86. The van der Waals surface area contributed by atoms with Crippen molar-refractivity contribution in [1.29, 1.82) is 0 Å². The molecule has 0 spiro atoms. The predicted molar refractivity (Wildman–Crippen MR) is 71.5 cm³/mol. The Hall–Kier alpha value is -1.33. The fourth-order valence-electron chi connectivity index (χ4n) is 2.14. The highest BCUT2D eigenvalue weighted by molar-refractivity contribution is 7.16. The van der Waals surface area contributed by atoms with E-state index >= 15 is 0 Å². The fourth-order valence-corrected chi connectivity index (χ4v) is 2.83. The Kier molecular flexibility index (Phi) is 2.86. The second kappa shape index (κ2) is 4.50. The van der Waals surface area contributed by atoms with E-state index in [-0.39, 0.29) is 0 Å². The van der Waals surface area contributed by atoms with Crippen LogP contribution in [0.25, 0.3) is 10.2 Å². The van der Waals surface area contributed by atoms with Crippen LogP contribution in [0.2, 0.25) is 0 Å². The zero-order chi connectivity index (χ0) is 11.7. The van der Waals surface area contributed by atoms with Crippen molar-refractivity contribution < 1.29 is 4.74 Å². The maximum Gasteiger partial charge on any atom is 0.106 e. The molecule has 3 rings (SSSR count). The van der Waals surface area contributed by atoms with Gasteiger partial charge in [-0.2, -0.15) is 0 Å². The van der Waals surface area contributed by atoms with Gasteiger partial charge < -0.3 is 15.8 Å². The van der Waals surface area contributed by atoms with Crippen molar-refractivity contribution >= 4 is 32.9 Å². The van der Waals surface area contributed by atoms with Crippen LogP contribution in [-0.2, 0) is 4.74 Å². The monoisotopic (exact) mass is 249 g/mol. The smallest absolute Gasteiger partial charge is 0.106 e. The molecule has 0 aliphatic carbocycles. The molecule has 2 heterocycles. The van der Waals surface area contributed by atoms with Gasteiger partial charge in [-0.05, 0) is 25.0 Å². The lowest BCUT2D eigenvalue weighted by atomic mass is 10.1. The van der Waals surface area contributed by atoms with Gasteiger partial charge in [0.2, 0.25) is 0 Å². The van der Waals surface area contributed by atoms with Crippen LogP contribution < -0.4 is 11.1 Å². The Morgan fingerprint density at radius 1 is 1.35 bits per heavy atom. The average Bonchev–Trinajstić information content (AvgIpc) is 2.83. The molecule has 3 N–H and O–H groups in total. The summed E-state index contributed by atoms with van der Waals surface area (Å²) < 4.78 is 6.48. The number of nitrogens with two attached hydrogens (primary N) is 1. The second-order valence-corrected chi connectivity index (χ2v) is 5.14. The summed E-state index contributed by atoms with van der Waals surface area (Å²) in [6.07, 6.45) is 2.07. The van der Waals surface area contributed by atoms with Crippen LogP contribution in [0.4, 0.5) is 11.4 Å². The third kappa shape index (κ3) is 2.08. The number of thiazole rings is 1. The fraction of sp³-hybridized carbons (Fsp3) is 0.417. The Bertz CT molecular complexity index is 519. The Morgan fingerprint density at radius 3 is 3.00 bits per heavy atom. The van der Waals surface area contributed by atoms with Gasteiger partial charge >= 0.3 is 0 Å². The van der Waals surface area contributed by atoms with Gasteiger partial charge in [-0.15, -0.1) is 11.3 Å². The normalized spacial score (nSPS) is 17.4. The first-order valence-electron chi connectivity index (χ1n) is 5.80. The summed E-state index contributed by atoms with van der Waals surface area (Å²) in [6, 6.07) is 4.58. The minimum absolute atomic E-state index is 0.460. The molecule has 0 atom stereocenters. The van der Waals surface area contributed by atoms with Gasteiger partial charge in [0.1, 0.15) is 5.52 Å². The maximum atomic E-state index is 6.13. The van der Waals surface area contributed by atoms with Crippen molar-refractivity contribution in [3.8, 4) is 0 Å². The highest BCUT2D eigenvalue weighted by Gasteiger charge is 2.15. The van der Waals surface area contributed by atoms with Crippen molar-refractivity contribution in [2.45, 2.75) is 18.9 Å². The number of ether oxygens (including phenoxy) is 1. The molecule has 1 aliphatic rings. The predicted octanol–water partition coefficient (Wildman–Crippen LogP) is 2.47. The molecule has 5 heteroatoms. The molecule has 0 saturated carbocycles. The number of rotatable bonds is 2. The Labute approximate surface area is 104 Å². The van der Waals surface area contributed by atoms with Gasteiger partial charge in [-0.3, -0.25) is 0 Å². The zero-order valence-electron chi connectivity index (χ0n) is 9.48. The highest BCUT2D eigenvalue weighted by atomic mass is 32.1. The van der Waals surface area contributed by atoms with E-state index in [1.807, 2.05) is 11.6 Å². The maximum absolute atomic E-state index is 6.13. The molecule has 1 aliphatic heterocycles. The van der Waals surface area contributed by atoms with Gasteiger partial charge in [0.05, 0.1) is 21.6 Å². The molecule has 1 fully saturated rings. The summed E-state index contributed by atoms with van der Waals surface area (Å²) in [4.78, 5) is 4.30. The first-order valence-corrected chi connectivity index (χ1v) is 6.68. The van der Waals surface area contributed by atoms with Crippen LogP contribution in [0.3, 0.4) is 0 Å². The summed E-state index contributed by atoms with van der Waals surface area (Å²) in [5.41, 5.74) is 10.6. The number of nitrogens with one attached hydrogen (secondary N) is 1. The van der Waals surface area contributed by atoms with E-state index in [0.717, 1.165) is 47.6 Å². The number of hydrogen-bond donors (Lipinski definition) is 2. The minimum Gasteiger partial charge on any atom is -0.395 e. The summed E-state index contributed by atoms with van der Waals surface area (Å²) >= 11 is 1.62. The average molecular weight is 249 g/mol. The molecular formula is C12H15N3OS.